The molecule has 0 radical (unpaired) electrons. The lowest BCUT2D eigenvalue weighted by molar-refractivity contribution is 0.0227. The summed E-state index contributed by atoms with van der Waals surface area (Å²) in [7, 11) is 0. The summed E-state index contributed by atoms with van der Waals surface area (Å²) in [6.45, 7) is 10.6. The molecule has 5 nitrogen and oxygen atoms in total. The van der Waals surface area contributed by atoms with E-state index in [9.17, 15) is 4.79 Å². The molecule has 1 atom stereocenters. The van der Waals surface area contributed by atoms with Gasteiger partial charge in [-0.1, -0.05) is 50.2 Å². The smallest absolute Gasteiger partial charge is 0.340 e. The van der Waals surface area contributed by atoms with Crippen molar-refractivity contribution < 1.29 is 14.3 Å². The first-order chi connectivity index (χ1) is 18.9. The predicted molar refractivity (Wildman–Crippen MR) is 157 cm³/mol. The number of nitrogens with zero attached hydrogens (tertiary/aromatic N) is 1. The Labute approximate surface area is 230 Å². The van der Waals surface area contributed by atoms with Crippen LogP contribution in [0.5, 0.6) is 11.5 Å². The van der Waals surface area contributed by atoms with E-state index in [4.69, 9.17) is 9.47 Å². The zero-order valence-electron chi connectivity index (χ0n) is 23.0. The minimum Gasteiger partial charge on any atom is -0.456 e. The molecule has 6 rings (SSSR count). The summed E-state index contributed by atoms with van der Waals surface area (Å²) in [6, 6.07) is 28.2. The molecule has 0 amide bonds. The van der Waals surface area contributed by atoms with E-state index < -0.39 is 5.60 Å². The molecule has 0 aromatic heterocycles. The molecule has 0 aliphatic carbocycles. The summed E-state index contributed by atoms with van der Waals surface area (Å²) in [5, 5.41) is 3.59. The van der Waals surface area contributed by atoms with Crippen LogP contribution in [0.1, 0.15) is 59.8 Å². The number of anilines is 3. The van der Waals surface area contributed by atoms with Crippen molar-refractivity contribution in [1.82, 2.24) is 0 Å². The number of ether oxygens (including phenoxy) is 2. The summed E-state index contributed by atoms with van der Waals surface area (Å²) in [5.74, 6) is 1.69. The molecule has 1 unspecified atom stereocenters. The van der Waals surface area contributed by atoms with Crippen molar-refractivity contribution in [3.8, 4) is 11.5 Å². The lowest BCUT2D eigenvalue weighted by Crippen LogP contribution is -2.34. The van der Waals surface area contributed by atoms with Crippen molar-refractivity contribution in [3.63, 3.8) is 0 Å². The number of aryl methyl sites for hydroxylation is 1. The molecular formula is C34H34N2O3. The highest BCUT2D eigenvalue weighted by Crippen LogP contribution is 2.59. The van der Waals surface area contributed by atoms with Gasteiger partial charge in [-0.3, -0.25) is 0 Å². The van der Waals surface area contributed by atoms with Crippen molar-refractivity contribution in [3.05, 3.63) is 113 Å². The monoisotopic (exact) mass is 518 g/mol. The third-order valence-corrected chi connectivity index (χ3v) is 7.71. The topological polar surface area (TPSA) is 50.8 Å². The Kier molecular flexibility index (Phi) is 6.30. The maximum Gasteiger partial charge on any atom is 0.340 e. The number of para-hydroxylation sites is 1. The number of benzene rings is 4. The van der Waals surface area contributed by atoms with Gasteiger partial charge in [0.15, 0.2) is 5.60 Å². The Balaban J connectivity index is 1.57. The molecule has 5 heteroatoms. The molecule has 198 valence electrons. The highest BCUT2D eigenvalue weighted by Gasteiger charge is 2.54. The number of nitrogens with one attached hydrogen (secondary N) is 1. The highest BCUT2D eigenvalue weighted by atomic mass is 16.6. The van der Waals surface area contributed by atoms with Gasteiger partial charge >= 0.3 is 5.97 Å². The van der Waals surface area contributed by atoms with Crippen LogP contribution < -0.4 is 15.0 Å². The van der Waals surface area contributed by atoms with Crippen LogP contribution in [0.2, 0.25) is 0 Å². The standard InChI is InChI=1S/C34H34N2O3/c1-5-36(18-17-22(2)3)25-15-16-28-30(21-25)38-31-20-23(4)19-29(35-24-11-7-6-8-12-24)32(31)34(28)27-14-10-9-13-26(27)33(37)39-34/h6-16,19-22,35H,5,17-18H2,1-4H3. The Morgan fingerprint density at radius 2 is 1.67 bits per heavy atom. The maximum absolute atomic E-state index is 13.4. The predicted octanol–water partition coefficient (Wildman–Crippen LogP) is 8.18. The van der Waals surface area contributed by atoms with Gasteiger partial charge in [-0.05, 0) is 74.2 Å². The summed E-state index contributed by atoms with van der Waals surface area (Å²) >= 11 is 0. The number of hydrogen-bond acceptors (Lipinski definition) is 5. The van der Waals surface area contributed by atoms with Gasteiger partial charge in [0, 0.05) is 41.7 Å². The van der Waals surface area contributed by atoms with Gasteiger partial charge in [-0.2, -0.15) is 0 Å². The van der Waals surface area contributed by atoms with Gasteiger partial charge in [0.25, 0.3) is 0 Å². The Bertz CT molecular complexity index is 1550. The number of rotatable bonds is 7. The minimum atomic E-state index is -1.13. The van der Waals surface area contributed by atoms with Gasteiger partial charge in [0.2, 0.25) is 0 Å². The van der Waals surface area contributed by atoms with Crippen LogP contribution in [-0.4, -0.2) is 19.1 Å². The first-order valence-electron chi connectivity index (χ1n) is 13.8. The summed E-state index contributed by atoms with van der Waals surface area (Å²) in [5.41, 5.74) is 5.87. The molecule has 0 saturated carbocycles. The Hall–Kier alpha value is -4.25. The summed E-state index contributed by atoms with van der Waals surface area (Å²) in [4.78, 5) is 15.7. The van der Waals surface area contributed by atoms with E-state index in [1.807, 2.05) is 60.7 Å². The zero-order valence-corrected chi connectivity index (χ0v) is 23.0. The van der Waals surface area contributed by atoms with Crippen LogP contribution in [0.4, 0.5) is 17.1 Å². The average Bonchev–Trinajstić information content (AvgIpc) is 3.21. The van der Waals surface area contributed by atoms with E-state index in [0.717, 1.165) is 58.8 Å². The summed E-state index contributed by atoms with van der Waals surface area (Å²) in [6.07, 6.45) is 1.11. The molecular weight excluding hydrogens is 484 g/mol. The molecule has 2 aliphatic heterocycles. The fourth-order valence-corrected chi connectivity index (χ4v) is 5.80. The van der Waals surface area contributed by atoms with Crippen molar-refractivity contribution in [2.75, 3.05) is 23.3 Å². The van der Waals surface area contributed by atoms with E-state index in [2.05, 4.69) is 62.2 Å². The molecule has 0 fully saturated rings. The SMILES string of the molecule is CCN(CCC(C)C)c1ccc2c(c1)Oc1cc(C)cc(Nc3ccccc3)c1C21OC(=O)c2ccccc21. The molecule has 4 aromatic carbocycles. The Morgan fingerprint density at radius 1 is 0.897 bits per heavy atom. The van der Waals surface area contributed by atoms with E-state index in [1.165, 1.54) is 0 Å². The van der Waals surface area contributed by atoms with E-state index in [1.54, 1.807) is 0 Å². The minimum absolute atomic E-state index is 0.327. The van der Waals surface area contributed by atoms with Crippen molar-refractivity contribution in [1.29, 1.82) is 0 Å². The Morgan fingerprint density at radius 3 is 2.44 bits per heavy atom. The molecule has 0 saturated heterocycles. The second kappa shape index (κ2) is 9.81. The van der Waals surface area contributed by atoms with Crippen molar-refractivity contribution in [2.45, 2.75) is 39.7 Å². The second-order valence-corrected chi connectivity index (χ2v) is 10.8. The number of hydrogen-bond donors (Lipinski definition) is 1. The quantitative estimate of drug-likeness (QED) is 0.250. The van der Waals surface area contributed by atoms with Crippen LogP contribution >= 0.6 is 0 Å². The fourth-order valence-electron chi connectivity index (χ4n) is 5.80. The highest BCUT2D eigenvalue weighted by molar-refractivity contribution is 5.98. The van der Waals surface area contributed by atoms with Crippen molar-refractivity contribution >= 4 is 23.0 Å². The summed E-state index contributed by atoms with van der Waals surface area (Å²) < 4.78 is 13.1. The van der Waals surface area contributed by atoms with E-state index in [-0.39, 0.29) is 5.97 Å². The molecule has 0 bridgehead atoms. The molecule has 1 spiro atoms. The largest absolute Gasteiger partial charge is 0.456 e. The van der Waals surface area contributed by atoms with Gasteiger partial charge in [0.05, 0.1) is 16.8 Å². The first-order valence-corrected chi connectivity index (χ1v) is 13.8. The fraction of sp³-hybridized carbons (Fsp3) is 0.265. The zero-order chi connectivity index (χ0) is 27.1. The van der Waals surface area contributed by atoms with Crippen molar-refractivity contribution in [2.24, 2.45) is 5.92 Å². The number of carbonyl (C=O) groups is 1. The third-order valence-electron chi connectivity index (χ3n) is 7.71. The van der Waals surface area contributed by atoms with Gasteiger partial charge in [-0.15, -0.1) is 0 Å². The maximum atomic E-state index is 13.4. The third kappa shape index (κ3) is 4.22. The average molecular weight is 519 g/mol. The molecule has 4 aromatic rings. The van der Waals surface area contributed by atoms with Gasteiger partial charge < -0.3 is 19.7 Å². The van der Waals surface area contributed by atoms with Gasteiger partial charge in [0.1, 0.15) is 11.5 Å². The number of fused-ring (bicyclic) bond motifs is 6. The van der Waals surface area contributed by atoms with E-state index in [0.29, 0.717) is 23.0 Å². The normalized spacial score (nSPS) is 16.8. The number of esters is 1. The van der Waals surface area contributed by atoms with Crippen LogP contribution in [0.3, 0.4) is 0 Å². The lowest BCUT2D eigenvalue weighted by atomic mass is 9.76. The number of carbonyl (C=O) groups excluding carboxylic acids is 1. The van der Waals surface area contributed by atoms with Crippen LogP contribution in [0.15, 0.2) is 84.9 Å². The molecule has 2 aliphatic rings. The van der Waals surface area contributed by atoms with Crippen LogP contribution in [-0.2, 0) is 10.3 Å². The van der Waals surface area contributed by atoms with E-state index >= 15 is 0 Å². The molecule has 1 N–H and O–H groups in total. The van der Waals surface area contributed by atoms with Gasteiger partial charge in [-0.25, -0.2) is 4.79 Å². The van der Waals surface area contributed by atoms with Crippen LogP contribution in [0.25, 0.3) is 0 Å². The molecule has 2 heterocycles. The second-order valence-electron chi connectivity index (χ2n) is 10.8. The lowest BCUT2D eigenvalue weighted by Gasteiger charge is -2.38. The van der Waals surface area contributed by atoms with Crippen LogP contribution in [0, 0.1) is 12.8 Å². The molecule has 39 heavy (non-hydrogen) atoms. The first kappa shape index (κ1) is 25.1.